The number of halogens is 1. The molecule has 0 atom stereocenters. The number of fused-ring (bicyclic) bond motifs is 2. The summed E-state index contributed by atoms with van der Waals surface area (Å²) in [6, 6.07) is 21.8. The summed E-state index contributed by atoms with van der Waals surface area (Å²) in [6.07, 6.45) is 2.74. The molecule has 1 aliphatic rings. The van der Waals surface area contributed by atoms with Gasteiger partial charge in [-0.15, -0.1) is 12.4 Å². The molecule has 29 heavy (non-hydrogen) atoms. The second-order valence-electron chi connectivity index (χ2n) is 7.22. The Morgan fingerprint density at radius 2 is 1.66 bits per heavy atom. The Hall–Kier alpha value is -3.31. The highest BCUT2D eigenvalue weighted by atomic mass is 35.5. The summed E-state index contributed by atoms with van der Waals surface area (Å²) in [5.41, 5.74) is 17.6. The molecule has 5 nitrogen and oxygen atoms in total. The first-order chi connectivity index (χ1) is 13.7. The van der Waals surface area contributed by atoms with Crippen molar-refractivity contribution < 1.29 is 0 Å². The molecule has 4 N–H and O–H groups in total. The van der Waals surface area contributed by atoms with Gasteiger partial charge in [0.05, 0.1) is 0 Å². The van der Waals surface area contributed by atoms with Crippen LogP contribution in [0.1, 0.15) is 11.1 Å². The van der Waals surface area contributed by atoms with Gasteiger partial charge in [-0.3, -0.25) is 0 Å². The Labute approximate surface area is 175 Å². The molecule has 0 bridgehead atoms. The number of nitrogens with zero attached hydrogens (tertiary/aromatic N) is 3. The monoisotopic (exact) mass is 403 g/mol. The van der Waals surface area contributed by atoms with Crippen LogP contribution in [0.5, 0.6) is 0 Å². The Kier molecular flexibility index (Phi) is 4.99. The molecule has 0 spiro atoms. The maximum Gasteiger partial charge on any atom is 0.221 e. The van der Waals surface area contributed by atoms with E-state index in [0.29, 0.717) is 12.4 Å². The second-order valence-corrected chi connectivity index (χ2v) is 7.22. The third kappa shape index (κ3) is 3.57. The molecule has 6 heteroatoms. The smallest absolute Gasteiger partial charge is 0.221 e. The van der Waals surface area contributed by atoms with E-state index in [0.717, 1.165) is 18.5 Å². The third-order valence-electron chi connectivity index (χ3n) is 5.43. The van der Waals surface area contributed by atoms with Gasteiger partial charge in [-0.2, -0.15) is 4.98 Å². The van der Waals surface area contributed by atoms with E-state index >= 15 is 0 Å². The van der Waals surface area contributed by atoms with Gasteiger partial charge >= 0.3 is 0 Å². The summed E-state index contributed by atoms with van der Waals surface area (Å²) in [6.45, 7) is 1.65. The molecule has 146 valence electrons. The van der Waals surface area contributed by atoms with Gasteiger partial charge in [0.15, 0.2) is 0 Å². The number of hydrogen-bond donors (Lipinski definition) is 2. The summed E-state index contributed by atoms with van der Waals surface area (Å²) in [5.74, 6) is 0.664. The van der Waals surface area contributed by atoms with Crippen LogP contribution < -0.4 is 16.4 Å². The van der Waals surface area contributed by atoms with Gasteiger partial charge in [-0.05, 0) is 52.1 Å². The van der Waals surface area contributed by atoms with Gasteiger partial charge < -0.3 is 16.4 Å². The topological polar surface area (TPSA) is 81.1 Å². The molecule has 0 unspecified atom stereocenters. The van der Waals surface area contributed by atoms with E-state index in [-0.39, 0.29) is 18.4 Å². The van der Waals surface area contributed by atoms with Crippen LogP contribution in [0.3, 0.4) is 0 Å². The average molecular weight is 404 g/mol. The number of aromatic nitrogens is 2. The summed E-state index contributed by atoms with van der Waals surface area (Å²) < 4.78 is 0. The van der Waals surface area contributed by atoms with Crippen LogP contribution in [0.2, 0.25) is 0 Å². The molecular formula is C23H22ClN5. The average Bonchev–Trinajstić information content (AvgIpc) is 3.12. The van der Waals surface area contributed by atoms with Crippen molar-refractivity contribution in [2.24, 2.45) is 0 Å². The fraction of sp³-hybridized carbons (Fsp3) is 0.130. The minimum Gasteiger partial charge on any atom is -0.383 e. The fourth-order valence-electron chi connectivity index (χ4n) is 3.94. The molecule has 1 aliphatic heterocycles. The molecule has 0 amide bonds. The normalized spacial score (nSPS) is 12.6. The maximum absolute atomic E-state index is 6.01. The SMILES string of the molecule is Cl.Nc1ncc(CN2CCc3cc(-c4ccc5ccccc5c4)ccc32)c(N)n1. The van der Waals surface area contributed by atoms with Crippen LogP contribution >= 0.6 is 12.4 Å². The van der Waals surface area contributed by atoms with Crippen molar-refractivity contribution in [1.82, 2.24) is 9.97 Å². The number of hydrogen-bond acceptors (Lipinski definition) is 5. The standard InChI is InChI=1S/C23H21N5.ClH/c24-22-20(13-26-23(25)27-22)14-28-10-9-19-12-18(7-8-21(19)28)17-6-5-15-3-1-2-4-16(15)11-17;/h1-8,11-13H,9-10,14H2,(H4,24,25,26,27);1H. The van der Waals surface area contributed by atoms with E-state index in [9.17, 15) is 0 Å². The van der Waals surface area contributed by atoms with Crippen LogP contribution in [0.15, 0.2) is 66.9 Å². The Morgan fingerprint density at radius 1 is 0.897 bits per heavy atom. The lowest BCUT2D eigenvalue weighted by Crippen LogP contribution is -2.21. The van der Waals surface area contributed by atoms with E-state index in [1.807, 2.05) is 0 Å². The number of nitrogens with two attached hydrogens (primary N) is 2. The number of anilines is 3. The molecule has 2 heterocycles. The van der Waals surface area contributed by atoms with Crippen LogP contribution in [-0.4, -0.2) is 16.5 Å². The maximum atomic E-state index is 6.01. The van der Waals surface area contributed by atoms with E-state index in [4.69, 9.17) is 11.5 Å². The predicted octanol–water partition coefficient (Wildman–Crippen LogP) is 4.45. The van der Waals surface area contributed by atoms with Crippen molar-refractivity contribution in [2.45, 2.75) is 13.0 Å². The molecule has 1 aromatic heterocycles. The van der Waals surface area contributed by atoms with Gasteiger partial charge in [0.25, 0.3) is 0 Å². The van der Waals surface area contributed by atoms with Crippen molar-refractivity contribution in [1.29, 1.82) is 0 Å². The zero-order chi connectivity index (χ0) is 19.1. The summed E-state index contributed by atoms with van der Waals surface area (Å²) in [5, 5.41) is 2.53. The largest absolute Gasteiger partial charge is 0.383 e. The first-order valence-electron chi connectivity index (χ1n) is 9.41. The van der Waals surface area contributed by atoms with Crippen LogP contribution in [0.25, 0.3) is 21.9 Å². The Bertz CT molecular complexity index is 1190. The van der Waals surface area contributed by atoms with Gasteiger partial charge in [0, 0.05) is 30.5 Å². The molecule has 0 saturated heterocycles. The van der Waals surface area contributed by atoms with Gasteiger partial charge in [-0.25, -0.2) is 4.98 Å². The first kappa shape index (κ1) is 19.0. The van der Waals surface area contributed by atoms with Crippen molar-refractivity contribution in [3.8, 4) is 11.1 Å². The minimum absolute atomic E-state index is 0. The number of rotatable bonds is 3. The summed E-state index contributed by atoms with van der Waals surface area (Å²) >= 11 is 0. The molecule has 0 radical (unpaired) electrons. The molecule has 0 fully saturated rings. The minimum atomic E-state index is 0. The van der Waals surface area contributed by atoms with E-state index in [1.165, 1.54) is 33.2 Å². The summed E-state index contributed by atoms with van der Waals surface area (Å²) in [7, 11) is 0. The first-order valence-corrected chi connectivity index (χ1v) is 9.41. The van der Waals surface area contributed by atoms with Crippen molar-refractivity contribution in [3.05, 3.63) is 78.0 Å². The lowest BCUT2D eigenvalue weighted by molar-refractivity contribution is 0.830. The van der Waals surface area contributed by atoms with Gasteiger partial charge in [0.2, 0.25) is 5.95 Å². The van der Waals surface area contributed by atoms with Crippen molar-refractivity contribution in [3.63, 3.8) is 0 Å². The van der Waals surface area contributed by atoms with Crippen molar-refractivity contribution in [2.75, 3.05) is 22.9 Å². The second kappa shape index (κ2) is 7.60. The predicted molar refractivity (Wildman–Crippen MR) is 122 cm³/mol. The molecular weight excluding hydrogens is 382 g/mol. The van der Waals surface area contributed by atoms with Crippen LogP contribution in [-0.2, 0) is 13.0 Å². The third-order valence-corrected chi connectivity index (χ3v) is 5.43. The molecule has 4 aromatic rings. The highest BCUT2D eigenvalue weighted by Gasteiger charge is 2.21. The van der Waals surface area contributed by atoms with Crippen LogP contribution in [0, 0.1) is 0 Å². The van der Waals surface area contributed by atoms with E-state index in [2.05, 4.69) is 75.5 Å². The van der Waals surface area contributed by atoms with Gasteiger partial charge in [-0.1, -0.05) is 42.5 Å². The van der Waals surface area contributed by atoms with E-state index < -0.39 is 0 Å². The lowest BCUT2D eigenvalue weighted by Gasteiger charge is -2.20. The highest BCUT2D eigenvalue weighted by molar-refractivity contribution is 5.87. The zero-order valence-electron chi connectivity index (χ0n) is 15.9. The summed E-state index contributed by atoms with van der Waals surface area (Å²) in [4.78, 5) is 10.5. The van der Waals surface area contributed by atoms with Crippen molar-refractivity contribution >= 4 is 40.6 Å². The van der Waals surface area contributed by atoms with Crippen LogP contribution in [0.4, 0.5) is 17.5 Å². The number of nitrogen functional groups attached to an aromatic ring is 2. The molecule has 5 rings (SSSR count). The number of benzene rings is 3. The van der Waals surface area contributed by atoms with E-state index in [1.54, 1.807) is 6.20 Å². The molecule has 0 saturated carbocycles. The quantitative estimate of drug-likeness (QED) is 0.528. The van der Waals surface area contributed by atoms with Gasteiger partial charge in [0.1, 0.15) is 5.82 Å². The molecule has 3 aromatic carbocycles. The Balaban J connectivity index is 0.00000205. The lowest BCUT2D eigenvalue weighted by atomic mass is 9.99. The fourth-order valence-corrected chi connectivity index (χ4v) is 3.94. The molecule has 0 aliphatic carbocycles. The highest BCUT2D eigenvalue weighted by Crippen LogP contribution is 2.34. The Morgan fingerprint density at radius 3 is 2.48 bits per heavy atom. The zero-order valence-corrected chi connectivity index (χ0v) is 16.7.